The Hall–Kier alpha value is -0.0400. The van der Waals surface area contributed by atoms with Gasteiger partial charge in [-0.1, -0.05) is 27.2 Å². The largest absolute Gasteiger partial charge is 0.389 e. The van der Waals surface area contributed by atoms with E-state index in [-0.39, 0.29) is 5.60 Å². The molecule has 0 aliphatic heterocycles. The van der Waals surface area contributed by atoms with Crippen molar-refractivity contribution in [2.24, 2.45) is 23.7 Å². The molecule has 0 saturated heterocycles. The van der Waals surface area contributed by atoms with Crippen molar-refractivity contribution in [2.75, 3.05) is 0 Å². The Morgan fingerprint density at radius 3 is 2.07 bits per heavy atom. The van der Waals surface area contributed by atoms with E-state index < -0.39 is 0 Å². The molecule has 4 atom stereocenters. The van der Waals surface area contributed by atoms with E-state index in [2.05, 4.69) is 20.8 Å². The Morgan fingerprint density at radius 2 is 1.60 bits per heavy atom. The van der Waals surface area contributed by atoms with Gasteiger partial charge in [0, 0.05) is 0 Å². The summed E-state index contributed by atoms with van der Waals surface area (Å²) in [5, 5.41) is 10.8. The Bertz CT molecular complexity index is 221. The Labute approximate surface area is 94.3 Å². The van der Waals surface area contributed by atoms with E-state index in [1.165, 1.54) is 32.1 Å². The van der Waals surface area contributed by atoms with Gasteiger partial charge in [-0.15, -0.1) is 0 Å². The molecule has 1 nitrogen and oxygen atoms in total. The molecule has 88 valence electrons. The second-order valence-electron chi connectivity index (χ2n) is 6.08. The molecule has 0 aromatic carbocycles. The van der Waals surface area contributed by atoms with Gasteiger partial charge in [-0.05, 0) is 55.8 Å². The molecule has 2 aliphatic rings. The highest BCUT2D eigenvalue weighted by Gasteiger charge is 2.48. The van der Waals surface area contributed by atoms with Gasteiger partial charge >= 0.3 is 0 Å². The van der Waals surface area contributed by atoms with Gasteiger partial charge in [0.25, 0.3) is 0 Å². The third-order valence-electron chi connectivity index (χ3n) is 5.16. The number of hydrogen-bond donors (Lipinski definition) is 1. The normalized spacial score (nSPS) is 41.2. The maximum absolute atomic E-state index is 10.8. The average Bonchev–Trinajstić information content (AvgIpc) is 3.04. The molecule has 1 N–H and O–H groups in total. The van der Waals surface area contributed by atoms with Gasteiger partial charge in [0.05, 0.1) is 5.60 Å². The zero-order chi connectivity index (χ0) is 11.1. The third kappa shape index (κ3) is 2.08. The molecule has 0 spiro atoms. The van der Waals surface area contributed by atoms with Crippen LogP contribution in [0.1, 0.15) is 59.3 Å². The minimum Gasteiger partial charge on any atom is -0.389 e. The van der Waals surface area contributed by atoms with Crippen LogP contribution in [-0.4, -0.2) is 10.7 Å². The maximum atomic E-state index is 10.8. The summed E-state index contributed by atoms with van der Waals surface area (Å²) in [4.78, 5) is 0. The van der Waals surface area contributed by atoms with Crippen LogP contribution in [0.5, 0.6) is 0 Å². The van der Waals surface area contributed by atoms with Crippen LogP contribution < -0.4 is 0 Å². The highest BCUT2D eigenvalue weighted by Crippen LogP contribution is 2.50. The fourth-order valence-electron chi connectivity index (χ4n) is 3.50. The van der Waals surface area contributed by atoms with Crippen molar-refractivity contribution < 1.29 is 5.11 Å². The molecule has 2 aliphatic carbocycles. The summed E-state index contributed by atoms with van der Waals surface area (Å²) in [6.45, 7) is 6.89. The van der Waals surface area contributed by atoms with Gasteiger partial charge in [0.1, 0.15) is 0 Å². The first-order valence-electron chi connectivity index (χ1n) is 6.80. The summed E-state index contributed by atoms with van der Waals surface area (Å²) in [5.41, 5.74) is -0.311. The Morgan fingerprint density at radius 1 is 1.00 bits per heavy atom. The standard InChI is InChI=1S/C14H26O/c1-4-14(15,12-7-8-12)13-6-5-10(2)11(3)9-13/h10-13,15H,4-9H2,1-3H3. The summed E-state index contributed by atoms with van der Waals surface area (Å²) >= 11 is 0. The molecular formula is C14H26O. The van der Waals surface area contributed by atoms with Crippen molar-refractivity contribution >= 4 is 0 Å². The van der Waals surface area contributed by atoms with Gasteiger partial charge < -0.3 is 5.11 Å². The summed E-state index contributed by atoms with van der Waals surface area (Å²) in [6, 6.07) is 0. The fourth-order valence-corrected chi connectivity index (χ4v) is 3.50. The lowest BCUT2D eigenvalue weighted by atomic mass is 9.67. The topological polar surface area (TPSA) is 20.2 Å². The summed E-state index contributed by atoms with van der Waals surface area (Å²) in [5.74, 6) is 2.89. The zero-order valence-corrected chi connectivity index (χ0v) is 10.5. The molecule has 2 fully saturated rings. The van der Waals surface area contributed by atoms with Gasteiger partial charge in [0.2, 0.25) is 0 Å². The monoisotopic (exact) mass is 210 g/mol. The summed E-state index contributed by atoms with van der Waals surface area (Å²) < 4.78 is 0. The van der Waals surface area contributed by atoms with E-state index in [1.54, 1.807) is 0 Å². The van der Waals surface area contributed by atoms with E-state index in [0.29, 0.717) is 11.8 Å². The lowest BCUT2D eigenvalue weighted by Crippen LogP contribution is -2.43. The lowest BCUT2D eigenvalue weighted by Gasteiger charge is -2.42. The molecule has 0 amide bonds. The highest BCUT2D eigenvalue weighted by atomic mass is 16.3. The van der Waals surface area contributed by atoms with Crippen LogP contribution in [-0.2, 0) is 0 Å². The molecule has 0 aromatic rings. The smallest absolute Gasteiger partial charge is 0.0701 e. The second-order valence-corrected chi connectivity index (χ2v) is 6.08. The SMILES string of the molecule is CCC(O)(C1CC1)C1CCC(C)C(C)C1. The van der Waals surface area contributed by atoms with E-state index in [9.17, 15) is 5.11 Å². The van der Waals surface area contributed by atoms with Crippen LogP contribution in [0, 0.1) is 23.7 Å². The van der Waals surface area contributed by atoms with Gasteiger partial charge in [-0.3, -0.25) is 0 Å². The van der Waals surface area contributed by atoms with E-state index in [4.69, 9.17) is 0 Å². The third-order valence-corrected chi connectivity index (χ3v) is 5.16. The molecule has 15 heavy (non-hydrogen) atoms. The van der Waals surface area contributed by atoms with E-state index in [1.807, 2.05) is 0 Å². The number of rotatable bonds is 3. The summed E-state index contributed by atoms with van der Waals surface area (Å²) in [6.07, 6.45) is 7.33. The van der Waals surface area contributed by atoms with Crippen LogP contribution in [0.4, 0.5) is 0 Å². The zero-order valence-electron chi connectivity index (χ0n) is 10.5. The lowest BCUT2D eigenvalue weighted by molar-refractivity contribution is -0.0675. The van der Waals surface area contributed by atoms with Crippen molar-refractivity contribution in [1.82, 2.24) is 0 Å². The van der Waals surface area contributed by atoms with E-state index in [0.717, 1.165) is 18.3 Å². The molecule has 0 bridgehead atoms. The Kier molecular flexibility index (Phi) is 3.12. The molecule has 2 rings (SSSR count). The van der Waals surface area contributed by atoms with Gasteiger partial charge in [-0.25, -0.2) is 0 Å². The molecular weight excluding hydrogens is 184 g/mol. The van der Waals surface area contributed by atoms with Crippen LogP contribution >= 0.6 is 0 Å². The predicted molar refractivity (Wildman–Crippen MR) is 63.6 cm³/mol. The van der Waals surface area contributed by atoms with Gasteiger partial charge in [-0.2, -0.15) is 0 Å². The second kappa shape index (κ2) is 4.08. The van der Waals surface area contributed by atoms with Crippen molar-refractivity contribution in [3.63, 3.8) is 0 Å². The first kappa shape index (κ1) is 11.4. The predicted octanol–water partition coefficient (Wildman–Crippen LogP) is 3.61. The van der Waals surface area contributed by atoms with E-state index >= 15 is 0 Å². The molecule has 0 heterocycles. The van der Waals surface area contributed by atoms with Crippen molar-refractivity contribution in [3.8, 4) is 0 Å². The van der Waals surface area contributed by atoms with Crippen LogP contribution in [0.3, 0.4) is 0 Å². The van der Waals surface area contributed by atoms with Crippen molar-refractivity contribution in [2.45, 2.75) is 64.9 Å². The van der Waals surface area contributed by atoms with Crippen LogP contribution in [0.15, 0.2) is 0 Å². The average molecular weight is 210 g/mol. The fraction of sp³-hybridized carbons (Fsp3) is 1.00. The molecule has 2 saturated carbocycles. The minimum absolute atomic E-state index is 0.311. The minimum atomic E-state index is -0.311. The number of aliphatic hydroxyl groups is 1. The van der Waals surface area contributed by atoms with Crippen molar-refractivity contribution in [3.05, 3.63) is 0 Å². The molecule has 1 heteroatoms. The summed E-state index contributed by atoms with van der Waals surface area (Å²) in [7, 11) is 0. The highest BCUT2D eigenvalue weighted by molar-refractivity contribution is 4.99. The first-order chi connectivity index (χ1) is 7.08. The van der Waals surface area contributed by atoms with Crippen LogP contribution in [0.2, 0.25) is 0 Å². The Balaban J connectivity index is 2.02. The number of hydrogen-bond acceptors (Lipinski definition) is 1. The molecule has 4 unspecified atom stereocenters. The molecule has 0 aromatic heterocycles. The quantitative estimate of drug-likeness (QED) is 0.754. The maximum Gasteiger partial charge on any atom is 0.0701 e. The first-order valence-corrected chi connectivity index (χ1v) is 6.80. The molecule has 0 radical (unpaired) electrons. The van der Waals surface area contributed by atoms with Crippen molar-refractivity contribution in [1.29, 1.82) is 0 Å². The van der Waals surface area contributed by atoms with Gasteiger partial charge in [0.15, 0.2) is 0 Å². The van der Waals surface area contributed by atoms with Crippen LogP contribution in [0.25, 0.3) is 0 Å².